The highest BCUT2D eigenvalue weighted by Gasteiger charge is 2.28. The summed E-state index contributed by atoms with van der Waals surface area (Å²) in [7, 11) is 0. The molecule has 2 aliphatic heterocycles. The van der Waals surface area contributed by atoms with Crippen LogP contribution in [0.1, 0.15) is 17.2 Å². The second kappa shape index (κ2) is 11.6. The molecule has 0 saturated carbocycles. The van der Waals surface area contributed by atoms with Gasteiger partial charge in [-0.15, -0.1) is 24.8 Å². The third-order valence-electron chi connectivity index (χ3n) is 5.11. The lowest BCUT2D eigenvalue weighted by Crippen LogP contribution is -2.54. The maximum Gasteiger partial charge on any atom is 0.244 e. The Kier molecular flexibility index (Phi) is 10.2. The molecular formula is C19H30Cl2N4O3. The molecule has 9 heteroatoms. The number of benzene rings is 1. The zero-order valence-electron chi connectivity index (χ0n) is 16.2. The summed E-state index contributed by atoms with van der Waals surface area (Å²) in [6.45, 7) is 7.61. The predicted octanol–water partition coefficient (Wildman–Crippen LogP) is 0.841. The molecule has 2 fully saturated rings. The molecule has 7 nitrogen and oxygen atoms in total. The summed E-state index contributed by atoms with van der Waals surface area (Å²) in [6.07, 6.45) is 0. The van der Waals surface area contributed by atoms with Crippen LogP contribution in [0.3, 0.4) is 0 Å². The van der Waals surface area contributed by atoms with Gasteiger partial charge in [-0.05, 0) is 12.5 Å². The minimum absolute atomic E-state index is 0. The van der Waals surface area contributed by atoms with E-state index >= 15 is 0 Å². The van der Waals surface area contributed by atoms with E-state index in [1.54, 1.807) is 4.90 Å². The van der Waals surface area contributed by atoms with Gasteiger partial charge >= 0.3 is 0 Å². The molecule has 3 rings (SSSR count). The number of rotatable bonds is 4. The third kappa shape index (κ3) is 6.32. The van der Waals surface area contributed by atoms with Crippen LogP contribution in [0, 0.1) is 6.92 Å². The number of aryl methyl sites for hydroxylation is 1. The van der Waals surface area contributed by atoms with Crippen molar-refractivity contribution in [3.63, 3.8) is 0 Å². The smallest absolute Gasteiger partial charge is 0.244 e. The molecule has 0 aromatic heterocycles. The van der Waals surface area contributed by atoms with E-state index in [0.717, 1.165) is 24.2 Å². The summed E-state index contributed by atoms with van der Waals surface area (Å²) in [6, 6.07) is 7.08. The fourth-order valence-corrected chi connectivity index (χ4v) is 3.34. The topological polar surface area (TPSA) is 79.1 Å². The number of carbonyl (C=O) groups is 2. The van der Waals surface area contributed by atoms with E-state index in [1.165, 1.54) is 0 Å². The van der Waals surface area contributed by atoms with Gasteiger partial charge in [0.05, 0.1) is 19.8 Å². The molecular weight excluding hydrogens is 403 g/mol. The second-order valence-electron chi connectivity index (χ2n) is 6.98. The Hall–Kier alpha value is -1.38. The summed E-state index contributed by atoms with van der Waals surface area (Å²) < 4.78 is 5.31. The molecule has 1 aromatic rings. The Bertz CT molecular complexity index is 631. The first-order chi connectivity index (χ1) is 12.5. The van der Waals surface area contributed by atoms with Crippen LogP contribution < -0.4 is 5.73 Å². The number of hydrogen-bond donors (Lipinski definition) is 1. The number of nitrogens with zero attached hydrogens (tertiary/aromatic N) is 3. The van der Waals surface area contributed by atoms with Crippen LogP contribution in [0.15, 0.2) is 24.3 Å². The number of piperazine rings is 1. The van der Waals surface area contributed by atoms with Crippen molar-refractivity contribution in [1.29, 1.82) is 0 Å². The van der Waals surface area contributed by atoms with Gasteiger partial charge in [0.15, 0.2) is 0 Å². The van der Waals surface area contributed by atoms with Crippen molar-refractivity contribution in [2.75, 3.05) is 59.0 Å². The lowest BCUT2D eigenvalue weighted by Gasteiger charge is -2.37. The number of amides is 2. The summed E-state index contributed by atoms with van der Waals surface area (Å²) >= 11 is 0. The van der Waals surface area contributed by atoms with Gasteiger partial charge in [-0.3, -0.25) is 14.5 Å². The summed E-state index contributed by atoms with van der Waals surface area (Å²) in [4.78, 5) is 30.8. The zero-order chi connectivity index (χ0) is 18.5. The molecule has 2 amide bonds. The van der Waals surface area contributed by atoms with E-state index in [4.69, 9.17) is 10.5 Å². The molecule has 158 valence electrons. The number of nitrogens with two attached hydrogens (primary N) is 1. The first kappa shape index (κ1) is 24.7. The standard InChI is InChI=1S/C19H28N4O3.2ClH/c1-15-2-4-16(5-3-15)18(20)19(25)23-8-6-22(7-9-23)17(24)14-21-10-12-26-13-11-21;;/h2-5,18H,6-14,20H2,1H3;2*1H. The number of hydrogen-bond acceptors (Lipinski definition) is 5. The number of morpholine rings is 1. The molecule has 2 saturated heterocycles. The van der Waals surface area contributed by atoms with Crippen molar-refractivity contribution >= 4 is 36.6 Å². The van der Waals surface area contributed by atoms with Gasteiger partial charge < -0.3 is 20.3 Å². The van der Waals surface area contributed by atoms with Gasteiger partial charge in [0.2, 0.25) is 11.8 Å². The fraction of sp³-hybridized carbons (Fsp3) is 0.579. The first-order valence-corrected chi connectivity index (χ1v) is 9.23. The van der Waals surface area contributed by atoms with Crippen molar-refractivity contribution in [3.05, 3.63) is 35.4 Å². The fourth-order valence-electron chi connectivity index (χ4n) is 3.34. The monoisotopic (exact) mass is 432 g/mol. The van der Waals surface area contributed by atoms with Gasteiger partial charge in [0.25, 0.3) is 0 Å². The Balaban J connectivity index is 0.00000196. The van der Waals surface area contributed by atoms with Crippen LogP contribution in [0.4, 0.5) is 0 Å². The quantitative estimate of drug-likeness (QED) is 0.762. The van der Waals surface area contributed by atoms with Crippen molar-refractivity contribution in [3.8, 4) is 0 Å². The second-order valence-corrected chi connectivity index (χ2v) is 6.98. The van der Waals surface area contributed by atoms with Crippen LogP contribution in [0.25, 0.3) is 0 Å². The van der Waals surface area contributed by atoms with Crippen LogP contribution in [0.2, 0.25) is 0 Å². The average molecular weight is 433 g/mol. The molecule has 1 aromatic carbocycles. The SMILES string of the molecule is Cc1ccc(C(N)C(=O)N2CCN(C(=O)CN3CCOCC3)CC2)cc1.Cl.Cl. The van der Waals surface area contributed by atoms with Crippen molar-refractivity contribution in [2.45, 2.75) is 13.0 Å². The Morgan fingerprint density at radius 2 is 1.50 bits per heavy atom. The van der Waals surface area contributed by atoms with Crippen molar-refractivity contribution < 1.29 is 14.3 Å². The van der Waals surface area contributed by atoms with E-state index < -0.39 is 6.04 Å². The van der Waals surface area contributed by atoms with Crippen LogP contribution in [-0.2, 0) is 14.3 Å². The van der Waals surface area contributed by atoms with Crippen LogP contribution in [0.5, 0.6) is 0 Å². The lowest BCUT2D eigenvalue weighted by atomic mass is 10.0. The molecule has 2 aliphatic rings. The largest absolute Gasteiger partial charge is 0.379 e. The Morgan fingerprint density at radius 1 is 0.964 bits per heavy atom. The third-order valence-corrected chi connectivity index (χ3v) is 5.11. The van der Waals surface area contributed by atoms with Crippen LogP contribution >= 0.6 is 24.8 Å². The summed E-state index contributed by atoms with van der Waals surface area (Å²) in [5.74, 6) is 0.0518. The Morgan fingerprint density at radius 3 is 2.07 bits per heavy atom. The highest BCUT2D eigenvalue weighted by Crippen LogP contribution is 2.16. The number of carbonyl (C=O) groups excluding carboxylic acids is 2. The average Bonchev–Trinajstić information content (AvgIpc) is 2.68. The molecule has 28 heavy (non-hydrogen) atoms. The molecule has 0 spiro atoms. The predicted molar refractivity (Wildman–Crippen MR) is 113 cm³/mol. The Labute approximate surface area is 179 Å². The van der Waals surface area contributed by atoms with E-state index in [2.05, 4.69) is 4.90 Å². The minimum Gasteiger partial charge on any atom is -0.379 e. The van der Waals surface area contributed by atoms with E-state index in [1.807, 2.05) is 36.1 Å². The maximum absolute atomic E-state index is 12.7. The van der Waals surface area contributed by atoms with Gasteiger partial charge in [0, 0.05) is 39.3 Å². The number of ether oxygens (including phenoxy) is 1. The van der Waals surface area contributed by atoms with Crippen LogP contribution in [-0.4, -0.2) is 85.5 Å². The molecule has 2 N–H and O–H groups in total. The van der Waals surface area contributed by atoms with Crippen molar-refractivity contribution in [1.82, 2.24) is 14.7 Å². The van der Waals surface area contributed by atoms with E-state index in [9.17, 15) is 9.59 Å². The van der Waals surface area contributed by atoms with E-state index in [0.29, 0.717) is 45.9 Å². The van der Waals surface area contributed by atoms with Crippen molar-refractivity contribution in [2.24, 2.45) is 5.73 Å². The molecule has 1 unspecified atom stereocenters. The lowest BCUT2D eigenvalue weighted by molar-refractivity contribution is -0.141. The highest BCUT2D eigenvalue weighted by molar-refractivity contribution is 5.85. The highest BCUT2D eigenvalue weighted by atomic mass is 35.5. The van der Waals surface area contributed by atoms with Gasteiger partial charge in [0.1, 0.15) is 6.04 Å². The molecule has 0 radical (unpaired) electrons. The van der Waals surface area contributed by atoms with Gasteiger partial charge in [-0.1, -0.05) is 29.8 Å². The number of halogens is 2. The molecule has 2 heterocycles. The van der Waals surface area contributed by atoms with E-state index in [-0.39, 0.29) is 36.6 Å². The van der Waals surface area contributed by atoms with Gasteiger partial charge in [-0.25, -0.2) is 0 Å². The maximum atomic E-state index is 12.7. The molecule has 1 atom stereocenters. The normalized spacial score (nSPS) is 18.6. The zero-order valence-corrected chi connectivity index (χ0v) is 17.8. The molecule has 0 aliphatic carbocycles. The minimum atomic E-state index is -0.647. The first-order valence-electron chi connectivity index (χ1n) is 9.23. The van der Waals surface area contributed by atoms with Gasteiger partial charge in [-0.2, -0.15) is 0 Å². The summed E-state index contributed by atoms with van der Waals surface area (Å²) in [5.41, 5.74) is 8.11. The molecule has 0 bridgehead atoms. The summed E-state index contributed by atoms with van der Waals surface area (Å²) in [5, 5.41) is 0.